The number of nitrogens with zero attached hydrogens (tertiary/aromatic N) is 1. The molecule has 0 aromatic heterocycles. The Morgan fingerprint density at radius 1 is 0.939 bits per heavy atom. The average molecular weight is 478 g/mol. The van der Waals surface area contributed by atoms with Crippen LogP contribution in [0.4, 0.5) is 24.5 Å². The first-order valence-electron chi connectivity index (χ1n) is 9.90. The van der Waals surface area contributed by atoms with Crippen molar-refractivity contribution in [3.63, 3.8) is 0 Å². The standard InChI is InChI=1S/C23H21F3N2O4S/c1-2-32-21-15-9-8-14-20(21)28(33(30,31)17-10-4-3-5-11-17)16-22(29)27-19-13-7-6-12-18(19)23(24,25)26/h3-15H,2,16H2,1H3,(H,27,29). The number of carbonyl (C=O) groups excluding carboxylic acids is 1. The van der Waals surface area contributed by atoms with Gasteiger partial charge < -0.3 is 10.1 Å². The minimum Gasteiger partial charge on any atom is -0.492 e. The van der Waals surface area contributed by atoms with Crippen LogP contribution in [0.2, 0.25) is 0 Å². The van der Waals surface area contributed by atoms with Crippen LogP contribution >= 0.6 is 0 Å². The summed E-state index contributed by atoms with van der Waals surface area (Å²) in [7, 11) is -4.25. The van der Waals surface area contributed by atoms with Crippen LogP contribution in [0.5, 0.6) is 5.75 Å². The molecular weight excluding hydrogens is 457 g/mol. The van der Waals surface area contributed by atoms with E-state index in [-0.39, 0.29) is 22.9 Å². The molecule has 0 heterocycles. The highest BCUT2D eigenvalue weighted by atomic mass is 32.2. The van der Waals surface area contributed by atoms with E-state index in [0.717, 1.165) is 16.4 Å². The van der Waals surface area contributed by atoms with E-state index in [1.165, 1.54) is 42.5 Å². The molecule has 6 nitrogen and oxygen atoms in total. The van der Waals surface area contributed by atoms with Crippen molar-refractivity contribution >= 4 is 27.3 Å². The summed E-state index contributed by atoms with van der Waals surface area (Å²) >= 11 is 0. The van der Waals surface area contributed by atoms with Crippen molar-refractivity contribution in [1.29, 1.82) is 0 Å². The third-order valence-electron chi connectivity index (χ3n) is 4.56. The largest absolute Gasteiger partial charge is 0.492 e. The van der Waals surface area contributed by atoms with Gasteiger partial charge in [0, 0.05) is 0 Å². The zero-order chi connectivity index (χ0) is 24.1. The van der Waals surface area contributed by atoms with Crippen molar-refractivity contribution in [2.45, 2.75) is 18.0 Å². The fourth-order valence-electron chi connectivity index (χ4n) is 3.12. The molecular formula is C23H21F3N2O4S. The predicted octanol–water partition coefficient (Wildman–Crippen LogP) is 4.94. The summed E-state index contributed by atoms with van der Waals surface area (Å²) in [6.45, 7) is 1.18. The van der Waals surface area contributed by atoms with Gasteiger partial charge in [0.05, 0.1) is 28.4 Å². The van der Waals surface area contributed by atoms with E-state index in [1.54, 1.807) is 31.2 Å². The van der Waals surface area contributed by atoms with E-state index in [1.807, 2.05) is 0 Å². The zero-order valence-electron chi connectivity index (χ0n) is 17.5. The summed E-state index contributed by atoms with van der Waals surface area (Å²) in [5.74, 6) is -0.736. The molecule has 0 aliphatic carbocycles. The van der Waals surface area contributed by atoms with Crippen molar-refractivity contribution in [3.05, 3.63) is 84.4 Å². The number of anilines is 2. The molecule has 0 saturated heterocycles. The average Bonchev–Trinajstić information content (AvgIpc) is 2.78. The quantitative estimate of drug-likeness (QED) is 0.498. The number of alkyl halides is 3. The van der Waals surface area contributed by atoms with Crippen LogP contribution in [-0.2, 0) is 21.0 Å². The molecule has 0 radical (unpaired) electrons. The molecule has 0 spiro atoms. The number of rotatable bonds is 8. The topological polar surface area (TPSA) is 75.7 Å². The normalized spacial score (nSPS) is 11.6. The predicted molar refractivity (Wildman–Crippen MR) is 119 cm³/mol. The van der Waals surface area contributed by atoms with Gasteiger partial charge in [-0.25, -0.2) is 8.42 Å². The van der Waals surface area contributed by atoms with Gasteiger partial charge in [-0.2, -0.15) is 13.2 Å². The molecule has 1 N–H and O–H groups in total. The van der Waals surface area contributed by atoms with Gasteiger partial charge in [0.1, 0.15) is 12.3 Å². The van der Waals surface area contributed by atoms with Crippen molar-refractivity contribution < 1.29 is 31.1 Å². The Morgan fingerprint density at radius 3 is 2.21 bits per heavy atom. The first-order valence-corrected chi connectivity index (χ1v) is 11.3. The second kappa shape index (κ2) is 9.95. The summed E-state index contributed by atoms with van der Waals surface area (Å²) in [4.78, 5) is 12.7. The zero-order valence-corrected chi connectivity index (χ0v) is 18.4. The molecule has 3 aromatic rings. The fraction of sp³-hybridized carbons (Fsp3) is 0.174. The molecule has 33 heavy (non-hydrogen) atoms. The van der Waals surface area contributed by atoms with Crippen LogP contribution in [0.15, 0.2) is 83.8 Å². The van der Waals surface area contributed by atoms with Crippen molar-refractivity contribution in [1.82, 2.24) is 0 Å². The van der Waals surface area contributed by atoms with Gasteiger partial charge in [0.15, 0.2) is 0 Å². The summed E-state index contributed by atoms with van der Waals surface area (Å²) in [6, 6.07) is 18.1. The van der Waals surface area contributed by atoms with E-state index in [4.69, 9.17) is 4.74 Å². The lowest BCUT2D eigenvalue weighted by molar-refractivity contribution is -0.137. The summed E-state index contributed by atoms with van der Waals surface area (Å²) in [5.41, 5.74) is -1.42. The third-order valence-corrected chi connectivity index (χ3v) is 6.33. The number of para-hydroxylation sites is 3. The minimum absolute atomic E-state index is 0.0835. The Kier molecular flexibility index (Phi) is 7.27. The molecule has 0 aliphatic rings. The van der Waals surface area contributed by atoms with Gasteiger partial charge in [-0.05, 0) is 43.3 Å². The number of sulfonamides is 1. The molecule has 0 aliphatic heterocycles. The van der Waals surface area contributed by atoms with Gasteiger partial charge >= 0.3 is 6.18 Å². The van der Waals surface area contributed by atoms with E-state index in [2.05, 4.69) is 5.32 Å². The van der Waals surface area contributed by atoms with E-state index < -0.39 is 39.9 Å². The molecule has 0 fully saturated rings. The van der Waals surface area contributed by atoms with Gasteiger partial charge in [-0.15, -0.1) is 0 Å². The SMILES string of the molecule is CCOc1ccccc1N(CC(=O)Nc1ccccc1C(F)(F)F)S(=O)(=O)c1ccccc1. The Hall–Kier alpha value is -3.53. The van der Waals surface area contributed by atoms with Crippen molar-refractivity contribution in [3.8, 4) is 5.75 Å². The molecule has 1 amide bonds. The van der Waals surface area contributed by atoms with Crippen LogP contribution < -0.4 is 14.4 Å². The number of hydrogen-bond donors (Lipinski definition) is 1. The summed E-state index contributed by atoms with van der Waals surface area (Å²) in [6.07, 6.45) is -4.69. The molecule has 0 bridgehead atoms. The maximum Gasteiger partial charge on any atom is 0.418 e. The van der Waals surface area contributed by atoms with Crippen LogP contribution in [0.1, 0.15) is 12.5 Å². The van der Waals surface area contributed by atoms with Crippen LogP contribution in [0.25, 0.3) is 0 Å². The molecule has 3 aromatic carbocycles. The molecule has 3 rings (SSSR count). The highest BCUT2D eigenvalue weighted by Gasteiger charge is 2.34. The minimum atomic E-state index is -4.69. The maximum atomic E-state index is 13.4. The van der Waals surface area contributed by atoms with Crippen LogP contribution in [0, 0.1) is 0 Å². The molecule has 0 atom stereocenters. The number of amides is 1. The first kappa shape index (κ1) is 24.1. The lowest BCUT2D eigenvalue weighted by atomic mass is 10.1. The summed E-state index contributed by atoms with van der Waals surface area (Å²) < 4.78 is 73.1. The van der Waals surface area contributed by atoms with E-state index >= 15 is 0 Å². The van der Waals surface area contributed by atoms with Gasteiger partial charge in [0.25, 0.3) is 10.0 Å². The number of nitrogens with one attached hydrogen (secondary N) is 1. The monoisotopic (exact) mass is 478 g/mol. The van der Waals surface area contributed by atoms with Gasteiger partial charge in [0.2, 0.25) is 5.91 Å². The smallest absolute Gasteiger partial charge is 0.418 e. The highest BCUT2D eigenvalue weighted by Crippen LogP contribution is 2.35. The molecule has 0 saturated carbocycles. The van der Waals surface area contributed by atoms with E-state index in [0.29, 0.717) is 0 Å². The number of halogens is 3. The molecule has 0 unspecified atom stereocenters. The van der Waals surface area contributed by atoms with Gasteiger partial charge in [-0.1, -0.05) is 42.5 Å². The number of ether oxygens (including phenoxy) is 1. The molecule has 10 heteroatoms. The lowest BCUT2D eigenvalue weighted by Crippen LogP contribution is -2.38. The Bertz CT molecular complexity index is 1220. The highest BCUT2D eigenvalue weighted by molar-refractivity contribution is 7.92. The lowest BCUT2D eigenvalue weighted by Gasteiger charge is -2.26. The fourth-order valence-corrected chi connectivity index (χ4v) is 4.57. The van der Waals surface area contributed by atoms with Crippen molar-refractivity contribution in [2.24, 2.45) is 0 Å². The molecule has 174 valence electrons. The number of carbonyl (C=O) groups is 1. The van der Waals surface area contributed by atoms with Crippen LogP contribution in [-0.4, -0.2) is 27.5 Å². The number of benzene rings is 3. The Labute approximate surface area is 189 Å². The third kappa shape index (κ3) is 5.64. The number of hydrogen-bond acceptors (Lipinski definition) is 4. The van der Waals surface area contributed by atoms with Crippen LogP contribution in [0.3, 0.4) is 0 Å². The Morgan fingerprint density at radius 2 is 1.55 bits per heavy atom. The van der Waals surface area contributed by atoms with Crippen molar-refractivity contribution in [2.75, 3.05) is 22.8 Å². The van der Waals surface area contributed by atoms with E-state index in [9.17, 15) is 26.4 Å². The van der Waals surface area contributed by atoms with Gasteiger partial charge in [-0.3, -0.25) is 9.10 Å². The summed E-state index contributed by atoms with van der Waals surface area (Å²) in [5, 5.41) is 2.19. The second-order valence-corrected chi connectivity index (χ2v) is 8.68. The second-order valence-electron chi connectivity index (χ2n) is 6.82. The first-order chi connectivity index (χ1) is 15.6. The Balaban J connectivity index is 2.01. The maximum absolute atomic E-state index is 13.4.